The number of rotatable bonds is 10. The first kappa shape index (κ1) is 32.2. The average molecular weight is 629 g/mol. The third kappa shape index (κ3) is 6.86. The van der Waals surface area contributed by atoms with Gasteiger partial charge in [0, 0.05) is 62.3 Å². The minimum Gasteiger partial charge on any atom is -0.497 e. The Balaban J connectivity index is 1.50. The Morgan fingerprint density at radius 3 is 2.07 bits per heavy atom. The summed E-state index contributed by atoms with van der Waals surface area (Å²) in [6, 6.07) is 16.2. The number of amides is 1. The first-order valence-corrected chi connectivity index (χ1v) is 14.9. The number of anilines is 5. The van der Waals surface area contributed by atoms with E-state index in [-0.39, 0.29) is 11.7 Å². The molecule has 3 aromatic carbocycles. The molecule has 2 heterocycles. The molecular weight excluding hydrogens is 588 g/mol. The lowest BCUT2D eigenvalue weighted by atomic mass is 10.1. The number of likely N-dealkylation sites (N-methyl/N-ethyl adjacent to an activating group) is 1. The Labute approximate surface area is 269 Å². The first-order chi connectivity index (χ1) is 22.3. The Bertz CT molecular complexity index is 1650. The van der Waals surface area contributed by atoms with Crippen LogP contribution in [0.3, 0.4) is 0 Å². The van der Waals surface area contributed by atoms with Gasteiger partial charge >= 0.3 is 6.09 Å². The van der Waals surface area contributed by atoms with E-state index in [9.17, 15) is 4.79 Å². The van der Waals surface area contributed by atoms with E-state index in [1.807, 2.05) is 44.2 Å². The van der Waals surface area contributed by atoms with E-state index in [1.54, 1.807) is 51.8 Å². The fourth-order valence-electron chi connectivity index (χ4n) is 5.43. The minimum atomic E-state index is -0.676. The predicted octanol–water partition coefficient (Wildman–Crippen LogP) is 5.96. The van der Waals surface area contributed by atoms with Crippen LogP contribution in [0.5, 0.6) is 28.7 Å². The van der Waals surface area contributed by atoms with Crippen molar-refractivity contribution >= 4 is 34.9 Å². The van der Waals surface area contributed by atoms with Crippen molar-refractivity contribution in [3.63, 3.8) is 0 Å². The van der Waals surface area contributed by atoms with E-state index in [2.05, 4.69) is 27.1 Å². The Kier molecular flexibility index (Phi) is 9.97. The van der Waals surface area contributed by atoms with Crippen LogP contribution in [-0.2, 0) is 0 Å². The number of benzene rings is 3. The molecule has 0 radical (unpaired) electrons. The van der Waals surface area contributed by atoms with E-state index in [4.69, 9.17) is 28.7 Å². The van der Waals surface area contributed by atoms with Crippen LogP contribution in [0.4, 0.5) is 33.6 Å². The first-order valence-electron chi connectivity index (χ1n) is 14.9. The van der Waals surface area contributed by atoms with Crippen LogP contribution in [0.1, 0.15) is 11.1 Å². The highest BCUT2D eigenvalue weighted by atomic mass is 16.6. The van der Waals surface area contributed by atoms with Crippen molar-refractivity contribution in [2.75, 3.05) is 76.8 Å². The summed E-state index contributed by atoms with van der Waals surface area (Å²) in [5.74, 6) is 3.05. The second-order valence-corrected chi connectivity index (χ2v) is 10.8. The van der Waals surface area contributed by atoms with Crippen LogP contribution < -0.4 is 38.8 Å². The monoisotopic (exact) mass is 628 g/mol. The largest absolute Gasteiger partial charge is 0.497 e. The molecule has 1 aliphatic heterocycles. The molecule has 4 aromatic rings. The van der Waals surface area contributed by atoms with E-state index in [0.29, 0.717) is 40.2 Å². The molecule has 12 heteroatoms. The van der Waals surface area contributed by atoms with Crippen LogP contribution in [0.25, 0.3) is 0 Å². The average Bonchev–Trinajstić information content (AvgIpc) is 3.06. The molecule has 0 unspecified atom stereocenters. The van der Waals surface area contributed by atoms with E-state index >= 15 is 0 Å². The normalized spacial score (nSPS) is 13.2. The summed E-state index contributed by atoms with van der Waals surface area (Å²) < 4.78 is 28.3. The lowest BCUT2D eigenvalue weighted by Gasteiger charge is -2.35. The lowest BCUT2D eigenvalue weighted by molar-refractivity contribution is 0.208. The number of aryl methyl sites for hydroxylation is 2. The number of carbonyl (C=O) groups is 1. The smallest absolute Gasteiger partial charge is 0.425 e. The molecule has 242 valence electrons. The van der Waals surface area contributed by atoms with Gasteiger partial charge in [-0.25, -0.2) is 14.7 Å². The van der Waals surface area contributed by atoms with Gasteiger partial charge in [0.25, 0.3) is 0 Å². The van der Waals surface area contributed by atoms with Crippen LogP contribution in [0, 0.1) is 13.8 Å². The summed E-state index contributed by atoms with van der Waals surface area (Å²) in [6.45, 7) is 7.45. The van der Waals surface area contributed by atoms with Crippen molar-refractivity contribution in [1.29, 1.82) is 0 Å². The molecule has 1 fully saturated rings. The van der Waals surface area contributed by atoms with Gasteiger partial charge in [-0.15, -0.1) is 0 Å². The maximum Gasteiger partial charge on any atom is 0.425 e. The second kappa shape index (κ2) is 14.2. The van der Waals surface area contributed by atoms with Crippen molar-refractivity contribution in [3.8, 4) is 28.7 Å². The zero-order valence-corrected chi connectivity index (χ0v) is 27.3. The molecular formula is C34H40N6O6. The van der Waals surface area contributed by atoms with Gasteiger partial charge in [-0.05, 0) is 44.2 Å². The van der Waals surface area contributed by atoms with Gasteiger partial charge in [-0.1, -0.05) is 18.2 Å². The summed E-state index contributed by atoms with van der Waals surface area (Å²) in [5.41, 5.74) is 3.93. The van der Waals surface area contributed by atoms with Crippen molar-refractivity contribution in [2.24, 2.45) is 0 Å². The topological polar surface area (TPSA) is 111 Å². The predicted molar refractivity (Wildman–Crippen MR) is 178 cm³/mol. The molecule has 0 spiro atoms. The lowest BCUT2D eigenvalue weighted by Crippen LogP contribution is -2.44. The number of ether oxygens (including phenoxy) is 5. The number of nitrogens with zero attached hydrogens (tertiary/aromatic N) is 5. The Morgan fingerprint density at radius 1 is 0.804 bits per heavy atom. The Hall–Kier alpha value is -5.23. The molecule has 1 saturated heterocycles. The van der Waals surface area contributed by atoms with Crippen molar-refractivity contribution < 1.29 is 28.5 Å². The van der Waals surface area contributed by atoms with E-state index in [1.165, 1.54) is 12.0 Å². The number of hydrogen-bond acceptors (Lipinski definition) is 11. The van der Waals surface area contributed by atoms with Gasteiger partial charge in [0.1, 0.15) is 28.8 Å². The standard InChI is InChI=1S/C34H40N6O6/c1-22-9-8-10-23(2)31(22)40(34(41)46-26-12-11-25(42-4)21-27(26)43-5)30-13-14-35-33(37-30)36-24-19-28(44-6)32(29(20-24)45-7)39-17-15-38(3)16-18-39/h8-14,19-21H,15-18H2,1-7H3,(H,35,36,37). The third-order valence-corrected chi connectivity index (χ3v) is 7.84. The number of nitrogens with one attached hydrogen (secondary N) is 1. The molecule has 46 heavy (non-hydrogen) atoms. The molecule has 1 amide bonds. The van der Waals surface area contributed by atoms with E-state index < -0.39 is 6.09 Å². The van der Waals surface area contributed by atoms with Gasteiger partial charge in [0.2, 0.25) is 5.95 Å². The minimum absolute atomic E-state index is 0.233. The summed E-state index contributed by atoms with van der Waals surface area (Å²) in [4.78, 5) is 29.2. The van der Waals surface area contributed by atoms with Crippen molar-refractivity contribution in [2.45, 2.75) is 13.8 Å². The Morgan fingerprint density at radius 2 is 1.46 bits per heavy atom. The van der Waals surface area contributed by atoms with Gasteiger partial charge in [0.05, 0.1) is 34.1 Å². The highest BCUT2D eigenvalue weighted by Crippen LogP contribution is 2.42. The van der Waals surface area contributed by atoms with Gasteiger partial charge in [-0.2, -0.15) is 4.98 Å². The number of hydrogen-bond donors (Lipinski definition) is 1. The van der Waals surface area contributed by atoms with Crippen LogP contribution >= 0.6 is 0 Å². The quantitative estimate of drug-likeness (QED) is 0.225. The molecule has 12 nitrogen and oxygen atoms in total. The maximum atomic E-state index is 14.0. The highest BCUT2D eigenvalue weighted by molar-refractivity contribution is 5.98. The zero-order valence-electron chi connectivity index (χ0n) is 27.3. The molecule has 0 bridgehead atoms. The maximum absolute atomic E-state index is 14.0. The van der Waals surface area contributed by atoms with Gasteiger partial charge in [-0.3, -0.25) is 0 Å². The van der Waals surface area contributed by atoms with E-state index in [0.717, 1.165) is 43.0 Å². The molecule has 1 aliphatic rings. The zero-order chi connectivity index (χ0) is 32.8. The van der Waals surface area contributed by atoms with Gasteiger partial charge in [0.15, 0.2) is 11.5 Å². The molecule has 5 rings (SSSR count). The third-order valence-electron chi connectivity index (χ3n) is 7.84. The number of piperazine rings is 1. The van der Waals surface area contributed by atoms with Crippen molar-refractivity contribution in [3.05, 3.63) is 71.9 Å². The van der Waals surface area contributed by atoms with Crippen LogP contribution in [-0.4, -0.2) is 82.6 Å². The molecule has 0 aliphatic carbocycles. The number of aromatic nitrogens is 2. The molecule has 0 saturated carbocycles. The van der Waals surface area contributed by atoms with Gasteiger partial charge < -0.3 is 38.8 Å². The molecule has 1 N–H and O–H groups in total. The molecule has 1 aromatic heterocycles. The summed E-state index contributed by atoms with van der Waals surface area (Å²) in [6.07, 6.45) is 0.907. The number of carbonyl (C=O) groups excluding carboxylic acids is 1. The number of para-hydroxylation sites is 1. The number of methoxy groups -OCH3 is 4. The fraction of sp³-hybridized carbons (Fsp3) is 0.324. The fourth-order valence-corrected chi connectivity index (χ4v) is 5.43. The summed E-state index contributed by atoms with van der Waals surface area (Å²) >= 11 is 0. The summed E-state index contributed by atoms with van der Waals surface area (Å²) in [7, 11) is 8.45. The summed E-state index contributed by atoms with van der Waals surface area (Å²) in [5, 5.41) is 3.26. The van der Waals surface area contributed by atoms with Crippen LogP contribution in [0.2, 0.25) is 0 Å². The highest BCUT2D eigenvalue weighted by Gasteiger charge is 2.27. The van der Waals surface area contributed by atoms with Crippen LogP contribution in [0.15, 0.2) is 60.8 Å². The molecule has 0 atom stereocenters. The van der Waals surface area contributed by atoms with Crippen molar-refractivity contribution in [1.82, 2.24) is 14.9 Å². The second-order valence-electron chi connectivity index (χ2n) is 10.8. The SMILES string of the molecule is COc1ccc(OC(=O)N(c2ccnc(Nc3cc(OC)c(N4CCN(C)CC4)c(OC)c3)n2)c2c(C)cccc2C)c(OC)c1.